The van der Waals surface area contributed by atoms with Crippen LogP contribution in [0.15, 0.2) is 51.8 Å². The third-order valence-electron chi connectivity index (χ3n) is 4.42. The number of amides is 1. The predicted molar refractivity (Wildman–Crippen MR) is 110 cm³/mol. The van der Waals surface area contributed by atoms with Gasteiger partial charge in [0.05, 0.1) is 10.5 Å². The second-order valence-electron chi connectivity index (χ2n) is 6.79. The first kappa shape index (κ1) is 20.0. The summed E-state index contributed by atoms with van der Waals surface area (Å²) >= 11 is 3.34. The monoisotopic (exact) mass is 450 g/mol. The van der Waals surface area contributed by atoms with Gasteiger partial charge in [-0.2, -0.15) is 0 Å². The van der Waals surface area contributed by atoms with Crippen molar-refractivity contribution in [3.8, 4) is 0 Å². The Hall–Kier alpha value is -1.70. The normalized spacial score (nSPS) is 14.1. The molecule has 144 valence electrons. The van der Waals surface area contributed by atoms with Gasteiger partial charge >= 0.3 is 0 Å². The summed E-state index contributed by atoms with van der Waals surface area (Å²) < 4.78 is 28.0. The van der Waals surface area contributed by atoms with E-state index in [1.54, 1.807) is 6.07 Å². The zero-order valence-corrected chi connectivity index (χ0v) is 17.6. The smallest absolute Gasteiger partial charge is 0.256 e. The molecule has 0 aromatic heterocycles. The molecule has 1 fully saturated rings. The molecule has 5 nitrogen and oxygen atoms in total. The van der Waals surface area contributed by atoms with Crippen LogP contribution in [0, 0.1) is 0 Å². The fraction of sp³-hybridized carbons (Fsp3) is 0.350. The van der Waals surface area contributed by atoms with E-state index in [4.69, 9.17) is 0 Å². The zero-order valence-electron chi connectivity index (χ0n) is 15.2. The minimum atomic E-state index is -3.61. The summed E-state index contributed by atoms with van der Waals surface area (Å²) in [6.45, 7) is 2.15. The molecule has 0 saturated heterocycles. The topological polar surface area (TPSA) is 75.3 Å². The first-order valence-electron chi connectivity index (χ1n) is 9.11. The molecular weight excluding hydrogens is 428 g/mol. The van der Waals surface area contributed by atoms with Crippen molar-refractivity contribution in [2.45, 2.75) is 50.0 Å². The highest BCUT2D eigenvalue weighted by atomic mass is 79.9. The van der Waals surface area contributed by atoms with Crippen LogP contribution < -0.4 is 10.0 Å². The van der Waals surface area contributed by atoms with Crippen LogP contribution in [0.25, 0.3) is 0 Å². The van der Waals surface area contributed by atoms with Crippen molar-refractivity contribution in [1.82, 2.24) is 4.72 Å². The SMILES string of the molecule is CCCCc1ccc(NC(=O)c2cc(S(=O)(=O)NC3CC3)ccc2Br)cc1. The van der Waals surface area contributed by atoms with Crippen LogP contribution in [-0.4, -0.2) is 20.4 Å². The number of halogens is 1. The molecule has 0 aliphatic heterocycles. The van der Waals surface area contributed by atoms with Crippen molar-refractivity contribution in [2.24, 2.45) is 0 Å². The Bertz CT molecular complexity index is 923. The molecule has 2 N–H and O–H groups in total. The second-order valence-corrected chi connectivity index (χ2v) is 9.36. The first-order chi connectivity index (χ1) is 12.9. The van der Waals surface area contributed by atoms with Gasteiger partial charge in [-0.1, -0.05) is 25.5 Å². The van der Waals surface area contributed by atoms with E-state index in [9.17, 15) is 13.2 Å². The molecule has 1 saturated carbocycles. The maximum Gasteiger partial charge on any atom is 0.256 e. The Balaban J connectivity index is 1.75. The number of hydrogen-bond donors (Lipinski definition) is 2. The fourth-order valence-corrected chi connectivity index (χ4v) is 4.43. The maximum absolute atomic E-state index is 12.6. The van der Waals surface area contributed by atoms with E-state index < -0.39 is 10.0 Å². The average molecular weight is 451 g/mol. The molecule has 7 heteroatoms. The maximum atomic E-state index is 12.6. The number of rotatable bonds is 8. The van der Waals surface area contributed by atoms with Gasteiger partial charge in [-0.25, -0.2) is 13.1 Å². The minimum absolute atomic E-state index is 0.0159. The Morgan fingerprint density at radius 3 is 2.48 bits per heavy atom. The summed E-state index contributed by atoms with van der Waals surface area (Å²) in [5, 5.41) is 2.83. The van der Waals surface area contributed by atoms with Crippen molar-refractivity contribution >= 4 is 37.5 Å². The summed E-state index contributed by atoms with van der Waals surface area (Å²) in [6, 6.07) is 12.2. The van der Waals surface area contributed by atoms with E-state index in [-0.39, 0.29) is 22.4 Å². The molecule has 1 aliphatic rings. The summed E-state index contributed by atoms with van der Waals surface area (Å²) in [7, 11) is -3.61. The van der Waals surface area contributed by atoms with Crippen molar-refractivity contribution in [3.05, 3.63) is 58.1 Å². The largest absolute Gasteiger partial charge is 0.322 e. The molecule has 0 bridgehead atoms. The number of anilines is 1. The van der Waals surface area contributed by atoms with Crippen LogP contribution in [0.4, 0.5) is 5.69 Å². The number of carbonyl (C=O) groups is 1. The van der Waals surface area contributed by atoms with Crippen molar-refractivity contribution < 1.29 is 13.2 Å². The predicted octanol–water partition coefficient (Wildman–Crippen LogP) is 4.48. The number of nitrogens with one attached hydrogen (secondary N) is 2. The van der Waals surface area contributed by atoms with Gasteiger partial charge in [0.2, 0.25) is 10.0 Å². The van der Waals surface area contributed by atoms with Gasteiger partial charge in [-0.15, -0.1) is 0 Å². The molecule has 0 unspecified atom stereocenters. The Morgan fingerprint density at radius 1 is 1.15 bits per heavy atom. The Morgan fingerprint density at radius 2 is 1.85 bits per heavy atom. The minimum Gasteiger partial charge on any atom is -0.322 e. The highest BCUT2D eigenvalue weighted by Crippen LogP contribution is 2.25. The molecule has 3 rings (SSSR count). The molecule has 0 atom stereocenters. The molecule has 2 aromatic carbocycles. The van der Waals surface area contributed by atoms with Crippen LogP contribution >= 0.6 is 15.9 Å². The number of carbonyl (C=O) groups excluding carboxylic acids is 1. The molecule has 2 aromatic rings. The van der Waals surface area contributed by atoms with Gasteiger partial charge in [0, 0.05) is 16.2 Å². The molecular formula is C20H23BrN2O3S. The number of hydrogen-bond acceptors (Lipinski definition) is 3. The average Bonchev–Trinajstić information content (AvgIpc) is 3.44. The number of aryl methyl sites for hydroxylation is 1. The van der Waals surface area contributed by atoms with Gasteiger partial charge in [0.1, 0.15) is 0 Å². The third kappa shape index (κ3) is 5.40. The van der Waals surface area contributed by atoms with Gasteiger partial charge in [-0.3, -0.25) is 4.79 Å². The summed E-state index contributed by atoms with van der Waals surface area (Å²) in [6.07, 6.45) is 5.01. The van der Waals surface area contributed by atoms with Gasteiger partial charge < -0.3 is 5.32 Å². The van der Waals surface area contributed by atoms with Crippen LogP contribution in [0.5, 0.6) is 0 Å². The van der Waals surface area contributed by atoms with Crippen LogP contribution in [-0.2, 0) is 16.4 Å². The van der Waals surface area contributed by atoms with Crippen LogP contribution in [0.3, 0.4) is 0 Å². The van der Waals surface area contributed by atoms with Crippen LogP contribution in [0.2, 0.25) is 0 Å². The number of sulfonamides is 1. The third-order valence-corrected chi connectivity index (χ3v) is 6.63. The van der Waals surface area contributed by atoms with Crippen LogP contribution in [0.1, 0.15) is 48.5 Å². The lowest BCUT2D eigenvalue weighted by Gasteiger charge is -2.11. The van der Waals surface area contributed by atoms with Gasteiger partial charge in [0.25, 0.3) is 5.91 Å². The number of benzene rings is 2. The van der Waals surface area contributed by atoms with E-state index >= 15 is 0 Å². The van der Waals surface area contributed by atoms with Gasteiger partial charge in [-0.05, 0) is 77.5 Å². The van der Waals surface area contributed by atoms with Crippen molar-refractivity contribution in [1.29, 1.82) is 0 Å². The molecule has 0 heterocycles. The lowest BCUT2D eigenvalue weighted by Crippen LogP contribution is -2.26. The van der Waals surface area contributed by atoms with E-state index in [0.717, 1.165) is 32.1 Å². The fourth-order valence-electron chi connectivity index (χ4n) is 2.67. The first-order valence-corrected chi connectivity index (χ1v) is 11.4. The van der Waals surface area contributed by atoms with E-state index in [1.807, 2.05) is 24.3 Å². The second kappa shape index (κ2) is 8.54. The highest BCUT2D eigenvalue weighted by Gasteiger charge is 2.28. The highest BCUT2D eigenvalue weighted by molar-refractivity contribution is 9.10. The van der Waals surface area contributed by atoms with E-state index in [1.165, 1.54) is 17.7 Å². The van der Waals surface area contributed by atoms with Crippen molar-refractivity contribution in [2.75, 3.05) is 5.32 Å². The Kier molecular flexibility index (Phi) is 6.34. The quantitative estimate of drug-likeness (QED) is 0.621. The Labute approximate surface area is 168 Å². The van der Waals surface area contributed by atoms with E-state index in [2.05, 4.69) is 32.9 Å². The zero-order chi connectivity index (χ0) is 19.4. The van der Waals surface area contributed by atoms with Crippen molar-refractivity contribution in [3.63, 3.8) is 0 Å². The van der Waals surface area contributed by atoms with E-state index in [0.29, 0.717) is 10.2 Å². The summed E-state index contributed by atoms with van der Waals surface area (Å²) in [5.41, 5.74) is 2.19. The molecule has 27 heavy (non-hydrogen) atoms. The molecule has 0 spiro atoms. The lowest BCUT2D eigenvalue weighted by molar-refractivity contribution is 0.102. The summed E-state index contributed by atoms with van der Waals surface area (Å²) in [5.74, 6) is -0.355. The molecule has 1 amide bonds. The number of unbranched alkanes of at least 4 members (excludes halogenated alkanes) is 1. The summed E-state index contributed by atoms with van der Waals surface area (Å²) in [4.78, 5) is 12.7. The molecule has 1 aliphatic carbocycles. The standard InChI is InChI=1S/C20H23BrN2O3S/c1-2-3-4-14-5-7-15(8-6-14)22-20(24)18-13-17(11-12-19(18)21)27(25,26)23-16-9-10-16/h5-8,11-13,16,23H,2-4,9-10H2,1H3,(H,22,24). The lowest BCUT2D eigenvalue weighted by atomic mass is 10.1. The molecule has 0 radical (unpaired) electrons. The van der Waals surface area contributed by atoms with Gasteiger partial charge in [0.15, 0.2) is 0 Å².